The maximum absolute atomic E-state index is 13.5. The number of aliphatic hydroxyl groups is 1. The van der Waals surface area contributed by atoms with Crippen LogP contribution in [0.15, 0.2) is 24.3 Å². The van der Waals surface area contributed by atoms with Gasteiger partial charge in [-0.25, -0.2) is 4.39 Å². The lowest BCUT2D eigenvalue weighted by molar-refractivity contribution is 0.171. The Labute approximate surface area is 110 Å². The normalized spacial score (nSPS) is 12.7. The molecule has 0 amide bonds. The highest BCUT2D eigenvalue weighted by atomic mass is 35.5. The molecule has 5 heteroatoms. The summed E-state index contributed by atoms with van der Waals surface area (Å²) in [6.45, 7) is 1.89. The molecule has 0 aliphatic carbocycles. The van der Waals surface area contributed by atoms with E-state index in [9.17, 15) is 9.50 Å². The third kappa shape index (κ3) is 2.71. The molecule has 1 aromatic carbocycles. The Morgan fingerprint density at radius 3 is 2.78 bits per heavy atom. The van der Waals surface area contributed by atoms with E-state index in [1.165, 1.54) is 18.2 Å². The van der Waals surface area contributed by atoms with Crippen molar-refractivity contribution in [2.75, 3.05) is 0 Å². The van der Waals surface area contributed by atoms with E-state index in [1.807, 2.05) is 6.92 Å². The number of hydrogen-bond acceptors (Lipinski definition) is 2. The molecule has 1 N–H and O–H groups in total. The molecule has 18 heavy (non-hydrogen) atoms. The minimum absolute atomic E-state index is 0.156. The number of halogens is 2. The van der Waals surface area contributed by atoms with Gasteiger partial charge >= 0.3 is 0 Å². The molecule has 2 rings (SSSR count). The van der Waals surface area contributed by atoms with Gasteiger partial charge in [0.1, 0.15) is 11.9 Å². The fourth-order valence-electron chi connectivity index (χ4n) is 1.76. The van der Waals surface area contributed by atoms with E-state index in [0.29, 0.717) is 16.3 Å². The number of aryl methyl sites for hydroxylation is 2. The average Bonchev–Trinajstić information content (AvgIpc) is 2.64. The van der Waals surface area contributed by atoms with Crippen molar-refractivity contribution in [3.63, 3.8) is 0 Å². The molecular weight excluding hydrogens is 255 g/mol. The van der Waals surface area contributed by atoms with Crippen LogP contribution in [-0.4, -0.2) is 14.9 Å². The number of hydrogen-bond donors (Lipinski definition) is 1. The average molecular weight is 269 g/mol. The van der Waals surface area contributed by atoms with Crippen LogP contribution >= 0.6 is 11.6 Å². The molecule has 0 aliphatic heterocycles. The van der Waals surface area contributed by atoms with Crippen molar-refractivity contribution in [3.8, 4) is 0 Å². The van der Waals surface area contributed by atoms with Crippen LogP contribution in [0.25, 0.3) is 0 Å². The summed E-state index contributed by atoms with van der Waals surface area (Å²) in [7, 11) is 1.80. The van der Waals surface area contributed by atoms with Crippen LogP contribution in [0.5, 0.6) is 0 Å². The summed E-state index contributed by atoms with van der Waals surface area (Å²) in [5.41, 5.74) is 1.86. The first-order chi connectivity index (χ1) is 8.47. The zero-order valence-corrected chi connectivity index (χ0v) is 10.9. The number of rotatable bonds is 3. The molecule has 0 saturated heterocycles. The Bertz CT molecular complexity index is 549. The van der Waals surface area contributed by atoms with Crippen LogP contribution in [0.4, 0.5) is 4.39 Å². The lowest BCUT2D eigenvalue weighted by atomic mass is 10.1. The molecule has 96 valence electrons. The zero-order chi connectivity index (χ0) is 13.3. The molecule has 0 saturated carbocycles. The van der Waals surface area contributed by atoms with Gasteiger partial charge in [-0.05, 0) is 36.8 Å². The molecule has 1 unspecified atom stereocenters. The molecule has 2 aromatic rings. The third-order valence-electron chi connectivity index (χ3n) is 2.90. The Hall–Kier alpha value is -1.39. The summed E-state index contributed by atoms with van der Waals surface area (Å²) in [4.78, 5) is 0. The lowest BCUT2D eigenvalue weighted by Gasteiger charge is -2.09. The minimum Gasteiger partial charge on any atom is -0.386 e. The van der Waals surface area contributed by atoms with E-state index in [4.69, 9.17) is 11.6 Å². The van der Waals surface area contributed by atoms with Crippen molar-refractivity contribution in [3.05, 3.63) is 52.1 Å². The third-order valence-corrected chi connectivity index (χ3v) is 3.13. The van der Waals surface area contributed by atoms with E-state index < -0.39 is 6.10 Å². The number of nitrogens with zero attached hydrogens (tertiary/aromatic N) is 2. The lowest BCUT2D eigenvalue weighted by Crippen LogP contribution is -2.05. The van der Waals surface area contributed by atoms with Crippen LogP contribution in [-0.2, 0) is 13.5 Å². The highest BCUT2D eigenvalue weighted by Gasteiger charge is 2.15. The monoisotopic (exact) mass is 268 g/mol. The standard InChI is InChI=1S/C13H14ClFN2O/c1-8-5-12(16-17(8)2)13(18)7-9-6-10(14)3-4-11(9)15/h3-6,13,18H,7H2,1-2H3. The summed E-state index contributed by atoms with van der Waals surface area (Å²) in [6, 6.07) is 6.09. The number of aromatic nitrogens is 2. The van der Waals surface area contributed by atoms with Crippen molar-refractivity contribution in [1.29, 1.82) is 0 Å². The van der Waals surface area contributed by atoms with Gasteiger partial charge in [0.2, 0.25) is 0 Å². The predicted octanol–water partition coefficient (Wildman–Crippen LogP) is 2.80. The molecule has 0 aliphatic rings. The van der Waals surface area contributed by atoms with Gasteiger partial charge in [-0.3, -0.25) is 4.68 Å². The Balaban J connectivity index is 2.20. The van der Waals surface area contributed by atoms with Crippen LogP contribution < -0.4 is 0 Å². The van der Waals surface area contributed by atoms with Crippen molar-refractivity contribution < 1.29 is 9.50 Å². The van der Waals surface area contributed by atoms with Crippen LogP contribution in [0, 0.1) is 12.7 Å². The number of benzene rings is 1. The highest BCUT2D eigenvalue weighted by molar-refractivity contribution is 6.30. The first kappa shape index (κ1) is 13.1. The molecule has 1 atom stereocenters. The van der Waals surface area contributed by atoms with E-state index in [0.717, 1.165) is 5.69 Å². The fourth-order valence-corrected chi connectivity index (χ4v) is 1.96. The summed E-state index contributed by atoms with van der Waals surface area (Å²) < 4.78 is 15.2. The first-order valence-electron chi connectivity index (χ1n) is 5.60. The largest absolute Gasteiger partial charge is 0.386 e. The molecule has 0 fully saturated rings. The van der Waals surface area contributed by atoms with Gasteiger partial charge in [-0.15, -0.1) is 0 Å². The maximum Gasteiger partial charge on any atom is 0.126 e. The molecule has 3 nitrogen and oxygen atoms in total. The smallest absolute Gasteiger partial charge is 0.126 e. The summed E-state index contributed by atoms with van der Waals surface area (Å²) in [5.74, 6) is -0.369. The van der Waals surface area contributed by atoms with Gasteiger partial charge in [-0.2, -0.15) is 5.10 Å². The summed E-state index contributed by atoms with van der Waals surface area (Å²) in [6.07, 6.45) is -0.680. The van der Waals surface area contributed by atoms with Crippen molar-refractivity contribution in [1.82, 2.24) is 9.78 Å². The van der Waals surface area contributed by atoms with E-state index >= 15 is 0 Å². The van der Waals surface area contributed by atoms with Gasteiger partial charge < -0.3 is 5.11 Å². The maximum atomic E-state index is 13.5. The molecule has 0 spiro atoms. The van der Waals surface area contributed by atoms with Crippen molar-refractivity contribution >= 4 is 11.6 Å². The van der Waals surface area contributed by atoms with Gasteiger partial charge in [0.15, 0.2) is 0 Å². The highest BCUT2D eigenvalue weighted by Crippen LogP contribution is 2.22. The Morgan fingerprint density at radius 1 is 1.44 bits per heavy atom. The van der Waals surface area contributed by atoms with Crippen LogP contribution in [0.1, 0.15) is 23.1 Å². The second-order valence-corrected chi connectivity index (χ2v) is 4.73. The SMILES string of the molecule is Cc1cc(C(O)Cc2cc(Cl)ccc2F)nn1C. The molecule has 0 radical (unpaired) electrons. The van der Waals surface area contributed by atoms with Gasteiger partial charge in [0, 0.05) is 24.2 Å². The van der Waals surface area contributed by atoms with Crippen molar-refractivity contribution in [2.24, 2.45) is 7.05 Å². The van der Waals surface area contributed by atoms with Crippen LogP contribution in [0.2, 0.25) is 5.02 Å². The van der Waals surface area contributed by atoms with Gasteiger partial charge in [0.25, 0.3) is 0 Å². The van der Waals surface area contributed by atoms with E-state index in [1.54, 1.807) is 17.8 Å². The summed E-state index contributed by atoms with van der Waals surface area (Å²) >= 11 is 5.81. The predicted molar refractivity (Wildman–Crippen MR) is 68.0 cm³/mol. The quantitative estimate of drug-likeness (QED) is 0.930. The van der Waals surface area contributed by atoms with Gasteiger partial charge in [-0.1, -0.05) is 11.6 Å². The van der Waals surface area contributed by atoms with Crippen LogP contribution in [0.3, 0.4) is 0 Å². The second kappa shape index (κ2) is 5.08. The zero-order valence-electron chi connectivity index (χ0n) is 10.2. The van der Waals surface area contributed by atoms with E-state index in [2.05, 4.69) is 5.10 Å². The topological polar surface area (TPSA) is 38.1 Å². The molecular formula is C13H14ClFN2O. The molecule has 0 bridgehead atoms. The molecule has 1 aromatic heterocycles. The minimum atomic E-state index is -0.835. The Kier molecular flexibility index (Phi) is 3.68. The van der Waals surface area contributed by atoms with E-state index in [-0.39, 0.29) is 12.2 Å². The van der Waals surface area contributed by atoms with Gasteiger partial charge in [0.05, 0.1) is 5.69 Å². The Morgan fingerprint density at radius 2 is 2.17 bits per heavy atom. The second-order valence-electron chi connectivity index (χ2n) is 4.29. The molecule has 1 heterocycles. The van der Waals surface area contributed by atoms with Crippen molar-refractivity contribution in [2.45, 2.75) is 19.4 Å². The summed E-state index contributed by atoms with van der Waals surface area (Å²) in [5, 5.41) is 14.7. The fraction of sp³-hybridized carbons (Fsp3) is 0.308. The number of aliphatic hydroxyl groups excluding tert-OH is 1. The first-order valence-corrected chi connectivity index (χ1v) is 5.97.